The number of benzene rings is 1. The summed E-state index contributed by atoms with van der Waals surface area (Å²) in [6.45, 7) is 2.56. The van der Waals surface area contributed by atoms with Crippen molar-refractivity contribution in [2.45, 2.75) is 13.5 Å². The van der Waals surface area contributed by atoms with E-state index in [1.165, 1.54) is 4.90 Å². The van der Waals surface area contributed by atoms with Crippen LogP contribution in [0.2, 0.25) is 0 Å². The molecule has 0 fully saturated rings. The lowest BCUT2D eigenvalue weighted by atomic mass is 10.2. The highest BCUT2D eigenvalue weighted by atomic mass is 16.4. The number of nitrogens with one attached hydrogen (secondary N) is 1. The first-order valence-corrected chi connectivity index (χ1v) is 8.33. The summed E-state index contributed by atoms with van der Waals surface area (Å²) >= 11 is 0. The normalized spacial score (nSPS) is 10.3. The van der Waals surface area contributed by atoms with Crippen molar-refractivity contribution < 1.29 is 9.21 Å². The summed E-state index contributed by atoms with van der Waals surface area (Å²) < 4.78 is 5.42. The Hall–Kier alpha value is -3.41. The number of hydrogen-bond acceptors (Lipinski definition) is 4. The van der Waals surface area contributed by atoms with Gasteiger partial charge in [-0.1, -0.05) is 30.3 Å². The van der Waals surface area contributed by atoms with Crippen molar-refractivity contribution >= 4 is 11.7 Å². The topological polar surface area (TPSA) is 75.4 Å². The molecule has 132 valence electrons. The van der Waals surface area contributed by atoms with E-state index in [1.807, 2.05) is 37.3 Å². The number of carbonyl (C=O) groups excluding carboxylic acids is 1. The summed E-state index contributed by atoms with van der Waals surface area (Å²) in [5.74, 6) is 0.405. The molecule has 3 rings (SSSR count). The maximum atomic E-state index is 12.5. The zero-order valence-electron chi connectivity index (χ0n) is 14.4. The molecule has 0 aliphatic rings. The van der Waals surface area contributed by atoms with Gasteiger partial charge >= 0.3 is 11.7 Å². The number of nitrogens with zero attached hydrogens (tertiary/aromatic N) is 2. The maximum Gasteiger partial charge on any atom is 0.360 e. The van der Waals surface area contributed by atoms with Gasteiger partial charge in [0, 0.05) is 24.5 Å². The Morgan fingerprint density at radius 2 is 1.92 bits per heavy atom. The number of aromatic nitrogens is 1. The minimum absolute atomic E-state index is 0.187. The predicted molar refractivity (Wildman–Crippen MR) is 99.9 cm³/mol. The van der Waals surface area contributed by atoms with Gasteiger partial charge < -0.3 is 9.73 Å². The average molecular weight is 349 g/mol. The summed E-state index contributed by atoms with van der Waals surface area (Å²) in [6, 6.07) is 16.0. The smallest absolute Gasteiger partial charge is 0.360 e. The molecule has 0 unspecified atom stereocenters. The highest BCUT2D eigenvalue weighted by Gasteiger charge is 2.20. The van der Waals surface area contributed by atoms with E-state index in [0.29, 0.717) is 17.9 Å². The molecule has 0 aliphatic carbocycles. The van der Waals surface area contributed by atoms with E-state index < -0.39 is 5.63 Å². The number of pyridine rings is 1. The van der Waals surface area contributed by atoms with Crippen molar-refractivity contribution in [1.29, 1.82) is 0 Å². The average Bonchev–Trinajstić information content (AvgIpc) is 2.68. The standard InChI is InChI=1S/C20H19N3O3/c1-2-22-20(25)23(14-15-7-4-3-5-8-15)17-10-11-18(26-19(17)24)16-9-6-12-21-13-16/h3-13H,2,14H2,1H3,(H,22,25). The molecule has 6 heteroatoms. The first kappa shape index (κ1) is 17.4. The van der Waals surface area contributed by atoms with E-state index in [4.69, 9.17) is 4.42 Å². The first-order chi connectivity index (χ1) is 12.7. The van der Waals surface area contributed by atoms with Gasteiger partial charge in [0.05, 0.1) is 6.54 Å². The molecule has 0 saturated heterocycles. The predicted octanol–water partition coefficient (Wildman–Crippen LogP) is 3.44. The van der Waals surface area contributed by atoms with Gasteiger partial charge in [-0.3, -0.25) is 9.88 Å². The number of rotatable bonds is 5. The molecule has 26 heavy (non-hydrogen) atoms. The summed E-state index contributed by atoms with van der Waals surface area (Å²) in [5, 5.41) is 2.73. The number of hydrogen-bond donors (Lipinski definition) is 1. The summed E-state index contributed by atoms with van der Waals surface area (Å²) in [4.78, 5) is 30.4. The zero-order valence-corrected chi connectivity index (χ0v) is 14.4. The van der Waals surface area contributed by atoms with Gasteiger partial charge in [0.15, 0.2) is 0 Å². The largest absolute Gasteiger partial charge is 0.421 e. The fourth-order valence-corrected chi connectivity index (χ4v) is 2.55. The Kier molecular flexibility index (Phi) is 5.43. The quantitative estimate of drug-likeness (QED) is 0.766. The van der Waals surface area contributed by atoms with E-state index in [9.17, 15) is 9.59 Å². The molecule has 0 saturated carbocycles. The molecule has 6 nitrogen and oxygen atoms in total. The third kappa shape index (κ3) is 3.97. The minimum Gasteiger partial charge on any atom is -0.421 e. The van der Waals surface area contributed by atoms with Crippen molar-refractivity contribution in [3.8, 4) is 11.3 Å². The van der Waals surface area contributed by atoms with E-state index in [2.05, 4.69) is 10.3 Å². The van der Waals surface area contributed by atoms with Crippen LogP contribution in [0.15, 0.2) is 76.2 Å². The van der Waals surface area contributed by atoms with Gasteiger partial charge in [-0.05, 0) is 36.8 Å². The molecule has 0 aliphatic heterocycles. The van der Waals surface area contributed by atoms with Gasteiger partial charge in [-0.25, -0.2) is 9.59 Å². The van der Waals surface area contributed by atoms with Crippen LogP contribution in [0, 0.1) is 0 Å². The van der Waals surface area contributed by atoms with Crippen molar-refractivity contribution in [2.75, 3.05) is 11.4 Å². The van der Waals surface area contributed by atoms with Crippen LogP contribution in [-0.4, -0.2) is 17.6 Å². The van der Waals surface area contributed by atoms with Gasteiger partial charge in [0.1, 0.15) is 11.4 Å². The summed E-state index contributed by atoms with van der Waals surface area (Å²) in [7, 11) is 0. The van der Waals surface area contributed by atoms with Crippen molar-refractivity contribution in [3.05, 3.63) is 83.0 Å². The number of amides is 2. The third-order valence-electron chi connectivity index (χ3n) is 3.80. The molecule has 1 aromatic carbocycles. The molecule has 0 radical (unpaired) electrons. The van der Waals surface area contributed by atoms with Crippen LogP contribution in [0.5, 0.6) is 0 Å². The minimum atomic E-state index is -0.575. The molecular formula is C20H19N3O3. The Balaban J connectivity index is 1.95. The van der Waals surface area contributed by atoms with E-state index >= 15 is 0 Å². The van der Waals surface area contributed by atoms with Gasteiger partial charge in [0.25, 0.3) is 0 Å². The van der Waals surface area contributed by atoms with Crippen molar-refractivity contribution in [3.63, 3.8) is 0 Å². The molecule has 0 bridgehead atoms. The van der Waals surface area contributed by atoms with Crippen molar-refractivity contribution in [2.24, 2.45) is 0 Å². The Labute approximate surface area is 151 Å². The Morgan fingerprint density at radius 1 is 1.12 bits per heavy atom. The lowest BCUT2D eigenvalue weighted by molar-refractivity contribution is 0.246. The van der Waals surface area contributed by atoms with Gasteiger partial charge in [-0.2, -0.15) is 0 Å². The molecule has 0 atom stereocenters. The number of urea groups is 1. The number of anilines is 1. The fraction of sp³-hybridized carbons (Fsp3) is 0.150. The first-order valence-electron chi connectivity index (χ1n) is 8.33. The summed E-state index contributed by atoms with van der Waals surface area (Å²) in [5.41, 5.74) is 1.22. The second-order valence-corrected chi connectivity index (χ2v) is 5.62. The molecule has 2 heterocycles. The molecular weight excluding hydrogens is 330 g/mol. The highest BCUT2D eigenvalue weighted by molar-refractivity contribution is 5.91. The van der Waals surface area contributed by atoms with Crippen LogP contribution in [0.4, 0.5) is 10.5 Å². The van der Waals surface area contributed by atoms with Crippen molar-refractivity contribution in [1.82, 2.24) is 10.3 Å². The second-order valence-electron chi connectivity index (χ2n) is 5.62. The van der Waals surface area contributed by atoms with Crippen LogP contribution in [0.3, 0.4) is 0 Å². The van der Waals surface area contributed by atoms with Crippen LogP contribution in [0.25, 0.3) is 11.3 Å². The Bertz CT molecular complexity index is 924. The van der Waals surface area contributed by atoms with Crippen LogP contribution >= 0.6 is 0 Å². The second kappa shape index (κ2) is 8.11. The van der Waals surface area contributed by atoms with Gasteiger partial charge in [-0.15, -0.1) is 0 Å². The van der Waals surface area contributed by atoms with E-state index in [1.54, 1.807) is 36.7 Å². The molecule has 2 aromatic heterocycles. The van der Waals surface area contributed by atoms with Crippen LogP contribution < -0.4 is 15.8 Å². The van der Waals surface area contributed by atoms with Crippen LogP contribution in [-0.2, 0) is 6.54 Å². The highest BCUT2D eigenvalue weighted by Crippen LogP contribution is 2.20. The van der Waals surface area contributed by atoms with E-state index in [0.717, 1.165) is 5.56 Å². The molecule has 2 amide bonds. The van der Waals surface area contributed by atoms with Crippen LogP contribution in [0.1, 0.15) is 12.5 Å². The third-order valence-corrected chi connectivity index (χ3v) is 3.80. The molecule has 3 aromatic rings. The monoisotopic (exact) mass is 349 g/mol. The molecule has 0 spiro atoms. The number of carbonyl (C=O) groups is 1. The lowest BCUT2D eigenvalue weighted by Crippen LogP contribution is -2.41. The zero-order chi connectivity index (χ0) is 18.4. The fourth-order valence-electron chi connectivity index (χ4n) is 2.55. The maximum absolute atomic E-state index is 12.5. The lowest BCUT2D eigenvalue weighted by Gasteiger charge is -2.22. The van der Waals surface area contributed by atoms with Gasteiger partial charge in [0.2, 0.25) is 0 Å². The van der Waals surface area contributed by atoms with E-state index in [-0.39, 0.29) is 18.3 Å². The summed E-state index contributed by atoms with van der Waals surface area (Å²) in [6.07, 6.45) is 3.26. The Morgan fingerprint density at radius 3 is 2.58 bits per heavy atom. The SMILES string of the molecule is CCNC(=O)N(Cc1ccccc1)c1ccc(-c2cccnc2)oc1=O. The molecule has 1 N–H and O–H groups in total.